The van der Waals surface area contributed by atoms with E-state index in [0.29, 0.717) is 0 Å². The molecule has 0 spiro atoms. The molecule has 1 heterocycles. The highest BCUT2D eigenvalue weighted by Crippen LogP contribution is 2.32. The van der Waals surface area contributed by atoms with E-state index in [1.165, 1.54) is 44.1 Å². The Morgan fingerprint density at radius 1 is 1.25 bits per heavy atom. The molecule has 1 aliphatic rings. The summed E-state index contributed by atoms with van der Waals surface area (Å²) in [6.07, 6.45) is 12.1. The molecule has 0 aromatic carbocycles. The molecule has 2 N–H and O–H groups in total. The number of aromatic nitrogens is 2. The molecule has 4 heteroatoms. The second-order valence-electron chi connectivity index (χ2n) is 6.06. The van der Waals surface area contributed by atoms with Crippen LogP contribution in [-0.2, 0) is 13.1 Å². The van der Waals surface area contributed by atoms with Crippen LogP contribution >= 0.6 is 0 Å². The molecule has 4 nitrogen and oxygen atoms in total. The van der Waals surface area contributed by atoms with Gasteiger partial charge in [0.2, 0.25) is 0 Å². The van der Waals surface area contributed by atoms with Crippen molar-refractivity contribution in [2.75, 3.05) is 13.1 Å². The van der Waals surface area contributed by atoms with Gasteiger partial charge in [-0.15, -0.1) is 0 Å². The number of nitrogens with zero attached hydrogens (tertiary/aromatic N) is 3. The molecule has 0 amide bonds. The first-order valence-electron chi connectivity index (χ1n) is 8.20. The molecule has 20 heavy (non-hydrogen) atoms. The van der Waals surface area contributed by atoms with Crippen molar-refractivity contribution in [1.82, 2.24) is 14.7 Å². The summed E-state index contributed by atoms with van der Waals surface area (Å²) in [5.41, 5.74) is 7.73. The van der Waals surface area contributed by atoms with E-state index in [-0.39, 0.29) is 5.54 Å². The van der Waals surface area contributed by atoms with E-state index in [0.717, 1.165) is 26.2 Å². The number of likely N-dealkylation sites (N-methyl/N-ethyl adjacent to an activating group) is 1. The van der Waals surface area contributed by atoms with Gasteiger partial charge >= 0.3 is 0 Å². The minimum Gasteiger partial charge on any atom is -0.329 e. The van der Waals surface area contributed by atoms with Gasteiger partial charge in [-0.2, -0.15) is 5.10 Å². The van der Waals surface area contributed by atoms with Crippen LogP contribution < -0.4 is 5.73 Å². The number of hydrogen-bond donors (Lipinski definition) is 1. The molecule has 1 fully saturated rings. The minimum atomic E-state index is 0.208. The lowest BCUT2D eigenvalue weighted by molar-refractivity contribution is 0.0756. The van der Waals surface area contributed by atoms with Crippen LogP contribution in [0.2, 0.25) is 0 Å². The number of rotatable bonds is 6. The summed E-state index contributed by atoms with van der Waals surface area (Å²) in [6.45, 7) is 8.15. The van der Waals surface area contributed by atoms with E-state index in [4.69, 9.17) is 5.73 Å². The van der Waals surface area contributed by atoms with Gasteiger partial charge in [0.25, 0.3) is 0 Å². The topological polar surface area (TPSA) is 47.1 Å². The first-order valence-corrected chi connectivity index (χ1v) is 8.20. The Hall–Kier alpha value is -0.870. The first kappa shape index (κ1) is 15.5. The highest BCUT2D eigenvalue weighted by molar-refractivity contribution is 5.06. The van der Waals surface area contributed by atoms with Crippen LogP contribution in [0.1, 0.15) is 57.9 Å². The van der Waals surface area contributed by atoms with Crippen LogP contribution in [0, 0.1) is 0 Å². The second-order valence-corrected chi connectivity index (χ2v) is 6.06. The lowest BCUT2D eigenvalue weighted by atomic mass is 9.87. The van der Waals surface area contributed by atoms with Crippen LogP contribution in [-0.4, -0.2) is 33.3 Å². The molecule has 0 atom stereocenters. The fourth-order valence-corrected chi connectivity index (χ4v) is 3.53. The molecule has 0 unspecified atom stereocenters. The Bertz CT molecular complexity index is 391. The standard InChI is InChI=1S/C16H30N4/c1-3-19(12-15-11-18-20(4-2)13-15)16(14-17)9-7-5-6-8-10-16/h11,13H,3-10,12,14,17H2,1-2H3. The van der Waals surface area contributed by atoms with E-state index in [9.17, 15) is 0 Å². The van der Waals surface area contributed by atoms with E-state index in [1.54, 1.807) is 0 Å². The fraction of sp³-hybridized carbons (Fsp3) is 0.812. The summed E-state index contributed by atoms with van der Waals surface area (Å²) in [5.74, 6) is 0. The smallest absolute Gasteiger partial charge is 0.0534 e. The lowest BCUT2D eigenvalue weighted by Gasteiger charge is -2.42. The summed E-state index contributed by atoms with van der Waals surface area (Å²) >= 11 is 0. The van der Waals surface area contributed by atoms with Crippen LogP contribution in [0.4, 0.5) is 0 Å². The van der Waals surface area contributed by atoms with Gasteiger partial charge < -0.3 is 5.73 Å². The van der Waals surface area contributed by atoms with Crippen LogP contribution in [0.25, 0.3) is 0 Å². The molecular weight excluding hydrogens is 248 g/mol. The number of nitrogens with two attached hydrogens (primary N) is 1. The van der Waals surface area contributed by atoms with Gasteiger partial charge in [-0.25, -0.2) is 0 Å². The van der Waals surface area contributed by atoms with Crippen molar-refractivity contribution in [3.05, 3.63) is 18.0 Å². The number of aryl methyl sites for hydroxylation is 1. The molecule has 114 valence electrons. The molecular formula is C16H30N4. The van der Waals surface area contributed by atoms with Crippen molar-refractivity contribution in [1.29, 1.82) is 0 Å². The van der Waals surface area contributed by atoms with Crippen molar-refractivity contribution in [3.8, 4) is 0 Å². The average Bonchev–Trinajstić information content (AvgIpc) is 2.80. The quantitative estimate of drug-likeness (QED) is 0.814. The third-order valence-corrected chi connectivity index (χ3v) is 4.85. The Balaban J connectivity index is 2.11. The predicted octanol–water partition coefficient (Wildman–Crippen LogP) is 2.78. The van der Waals surface area contributed by atoms with Crippen molar-refractivity contribution < 1.29 is 0 Å². The molecule has 1 aromatic rings. The molecule has 0 saturated heterocycles. The minimum absolute atomic E-state index is 0.208. The Labute approximate surface area is 123 Å². The lowest BCUT2D eigenvalue weighted by Crippen LogP contribution is -2.53. The van der Waals surface area contributed by atoms with E-state index >= 15 is 0 Å². The Kier molecular flexibility index (Phi) is 5.61. The summed E-state index contributed by atoms with van der Waals surface area (Å²) in [5, 5.41) is 4.39. The third kappa shape index (κ3) is 3.41. The van der Waals surface area contributed by atoms with Crippen molar-refractivity contribution in [2.45, 2.75) is 71.0 Å². The van der Waals surface area contributed by atoms with Crippen molar-refractivity contribution in [2.24, 2.45) is 5.73 Å². The maximum absolute atomic E-state index is 6.21. The predicted molar refractivity (Wildman–Crippen MR) is 83.5 cm³/mol. The highest BCUT2D eigenvalue weighted by atomic mass is 15.3. The first-order chi connectivity index (χ1) is 9.74. The molecule has 1 aliphatic carbocycles. The average molecular weight is 278 g/mol. The van der Waals surface area contributed by atoms with Gasteiger partial charge in [-0.1, -0.05) is 32.6 Å². The van der Waals surface area contributed by atoms with E-state index in [1.807, 2.05) is 10.9 Å². The van der Waals surface area contributed by atoms with Gasteiger partial charge in [-0.3, -0.25) is 9.58 Å². The maximum atomic E-state index is 6.21. The largest absolute Gasteiger partial charge is 0.329 e. The summed E-state index contributed by atoms with van der Waals surface area (Å²) in [7, 11) is 0. The van der Waals surface area contributed by atoms with Crippen molar-refractivity contribution in [3.63, 3.8) is 0 Å². The van der Waals surface area contributed by atoms with Crippen LogP contribution in [0.5, 0.6) is 0 Å². The van der Waals surface area contributed by atoms with Crippen LogP contribution in [0.15, 0.2) is 12.4 Å². The Morgan fingerprint density at radius 2 is 1.95 bits per heavy atom. The van der Waals surface area contributed by atoms with E-state index < -0.39 is 0 Å². The molecule has 0 aliphatic heterocycles. The van der Waals surface area contributed by atoms with Gasteiger partial charge in [0, 0.05) is 36.9 Å². The molecule has 0 radical (unpaired) electrons. The summed E-state index contributed by atoms with van der Waals surface area (Å²) in [4.78, 5) is 2.59. The van der Waals surface area contributed by atoms with Crippen molar-refractivity contribution >= 4 is 0 Å². The SMILES string of the molecule is CCN(Cc1cnn(CC)c1)C1(CN)CCCCCC1. The molecule has 1 saturated carbocycles. The van der Waals surface area contributed by atoms with Crippen LogP contribution in [0.3, 0.4) is 0 Å². The molecule has 1 aromatic heterocycles. The highest BCUT2D eigenvalue weighted by Gasteiger charge is 2.35. The van der Waals surface area contributed by atoms with Gasteiger partial charge in [0.15, 0.2) is 0 Å². The monoisotopic (exact) mass is 278 g/mol. The van der Waals surface area contributed by atoms with Gasteiger partial charge in [0.05, 0.1) is 6.20 Å². The van der Waals surface area contributed by atoms with Gasteiger partial charge in [0.1, 0.15) is 0 Å². The fourth-order valence-electron chi connectivity index (χ4n) is 3.53. The molecule has 2 rings (SSSR count). The van der Waals surface area contributed by atoms with E-state index in [2.05, 4.69) is 30.0 Å². The zero-order chi connectivity index (χ0) is 14.4. The van der Waals surface area contributed by atoms with Gasteiger partial charge in [-0.05, 0) is 26.3 Å². The summed E-state index contributed by atoms with van der Waals surface area (Å²) in [6, 6.07) is 0. The number of hydrogen-bond acceptors (Lipinski definition) is 3. The zero-order valence-electron chi connectivity index (χ0n) is 13.1. The third-order valence-electron chi connectivity index (χ3n) is 4.85. The molecule has 0 bridgehead atoms. The summed E-state index contributed by atoms with van der Waals surface area (Å²) < 4.78 is 2.01. The normalized spacial score (nSPS) is 19.2. The second kappa shape index (κ2) is 7.23. The maximum Gasteiger partial charge on any atom is 0.0534 e. The Morgan fingerprint density at radius 3 is 2.45 bits per heavy atom. The zero-order valence-corrected chi connectivity index (χ0v) is 13.1.